The van der Waals surface area contributed by atoms with Crippen molar-refractivity contribution >= 4 is 28.6 Å². The van der Waals surface area contributed by atoms with E-state index in [2.05, 4.69) is 31.6 Å². The average Bonchev–Trinajstić information content (AvgIpc) is 2.95. The van der Waals surface area contributed by atoms with Crippen LogP contribution >= 0.6 is 0 Å². The summed E-state index contributed by atoms with van der Waals surface area (Å²) in [6.45, 7) is 0. The van der Waals surface area contributed by atoms with Gasteiger partial charge in [-0.3, -0.25) is 5.21 Å². The van der Waals surface area contributed by atoms with E-state index in [4.69, 9.17) is 4.74 Å². The predicted molar refractivity (Wildman–Crippen MR) is 143 cm³/mol. The number of hydroxylamine groups is 2. The van der Waals surface area contributed by atoms with Gasteiger partial charge in [-0.25, -0.2) is 15.0 Å². The van der Waals surface area contributed by atoms with Gasteiger partial charge in [0.1, 0.15) is 23.8 Å². The highest BCUT2D eigenvalue weighted by Crippen LogP contribution is 2.34. The maximum atomic E-state index is 10.2. The lowest BCUT2D eigenvalue weighted by Gasteiger charge is -2.24. The molecule has 0 saturated carbocycles. The van der Waals surface area contributed by atoms with Gasteiger partial charge in [0.05, 0.1) is 0 Å². The fourth-order valence-electron chi connectivity index (χ4n) is 4.22. The maximum Gasteiger partial charge on any atom is 0.224 e. The number of aliphatic imine (C=N–C) groups is 1. The van der Waals surface area contributed by atoms with Gasteiger partial charge in [-0.15, -0.1) is 10.2 Å². The molecule has 1 aliphatic rings. The number of pyridine rings is 1. The Hall–Kier alpha value is -5.08. The number of hydrogen-bond acceptors (Lipinski definition) is 8. The second-order valence-electron chi connectivity index (χ2n) is 8.39. The number of anilines is 2. The monoisotopic (exact) mass is 486 g/mol. The van der Waals surface area contributed by atoms with E-state index in [0.29, 0.717) is 17.4 Å². The van der Waals surface area contributed by atoms with Gasteiger partial charge in [-0.2, -0.15) is 0 Å². The van der Waals surface area contributed by atoms with Crippen molar-refractivity contribution in [3.63, 3.8) is 0 Å². The number of nitrogens with one attached hydrogen (secondary N) is 1. The van der Waals surface area contributed by atoms with Gasteiger partial charge in [-0.05, 0) is 42.5 Å². The van der Waals surface area contributed by atoms with Gasteiger partial charge in [0.25, 0.3) is 0 Å². The maximum absolute atomic E-state index is 10.2. The highest BCUT2D eigenvalue weighted by atomic mass is 16.5. The first-order valence-corrected chi connectivity index (χ1v) is 11.7. The van der Waals surface area contributed by atoms with Crippen molar-refractivity contribution in [1.29, 1.82) is 0 Å². The standard InChI is InChI=1S/C29H22N6O2/c36-35-19-30-18-16-26(35)25-11-6-17-31-29(25)37-22-14-12-21(13-15-22)32-28-24-10-5-4-9-23(24)27(33-34-28)20-7-2-1-3-8-20/h1-19,26,36H,(H,32,34). The number of fused-ring (bicyclic) bond motifs is 1. The lowest BCUT2D eigenvalue weighted by atomic mass is 10.0. The third-order valence-electron chi connectivity index (χ3n) is 6.01. The van der Waals surface area contributed by atoms with Crippen LogP contribution in [0.3, 0.4) is 0 Å². The van der Waals surface area contributed by atoms with E-state index < -0.39 is 6.04 Å². The summed E-state index contributed by atoms with van der Waals surface area (Å²) in [4.78, 5) is 8.29. The molecule has 5 aromatic rings. The van der Waals surface area contributed by atoms with Crippen LogP contribution in [0.1, 0.15) is 11.6 Å². The van der Waals surface area contributed by atoms with Crippen LogP contribution in [0.5, 0.6) is 11.6 Å². The van der Waals surface area contributed by atoms with Crippen LogP contribution in [0, 0.1) is 0 Å². The van der Waals surface area contributed by atoms with Gasteiger partial charge in [0, 0.05) is 40.0 Å². The van der Waals surface area contributed by atoms with Crippen molar-refractivity contribution in [3.05, 3.63) is 115 Å². The Labute approximate surface area is 213 Å². The number of rotatable bonds is 6. The molecule has 1 atom stereocenters. The van der Waals surface area contributed by atoms with Crippen LogP contribution in [0.15, 0.2) is 114 Å². The number of hydrogen-bond donors (Lipinski definition) is 2. The highest BCUT2D eigenvalue weighted by Gasteiger charge is 2.21. The van der Waals surface area contributed by atoms with Crippen molar-refractivity contribution in [2.75, 3.05) is 5.32 Å². The first kappa shape index (κ1) is 22.4. The highest BCUT2D eigenvalue weighted by molar-refractivity contribution is 6.00. The van der Waals surface area contributed by atoms with E-state index in [1.54, 1.807) is 24.5 Å². The van der Waals surface area contributed by atoms with Gasteiger partial charge < -0.3 is 10.1 Å². The molecule has 0 radical (unpaired) electrons. The Morgan fingerprint density at radius 3 is 2.41 bits per heavy atom. The molecule has 8 nitrogen and oxygen atoms in total. The van der Waals surface area contributed by atoms with Crippen LogP contribution in [0.4, 0.5) is 11.5 Å². The summed E-state index contributed by atoms with van der Waals surface area (Å²) in [6, 6.07) is 28.9. The molecule has 1 unspecified atom stereocenters. The minimum Gasteiger partial charge on any atom is -0.439 e. The molecule has 1 aliphatic heterocycles. The molecule has 0 fully saturated rings. The normalized spacial score (nSPS) is 14.6. The number of nitrogens with zero attached hydrogens (tertiary/aromatic N) is 5. The molecule has 0 aliphatic carbocycles. The van der Waals surface area contributed by atoms with E-state index >= 15 is 0 Å². The third kappa shape index (κ3) is 4.61. The smallest absolute Gasteiger partial charge is 0.224 e. The lowest BCUT2D eigenvalue weighted by molar-refractivity contribution is -0.0356. The van der Waals surface area contributed by atoms with Gasteiger partial charge in [-0.1, -0.05) is 54.6 Å². The summed E-state index contributed by atoms with van der Waals surface area (Å²) in [5.74, 6) is 1.68. The summed E-state index contributed by atoms with van der Waals surface area (Å²) in [7, 11) is 0. The summed E-state index contributed by atoms with van der Waals surface area (Å²) in [5.41, 5.74) is 3.42. The molecule has 0 amide bonds. The predicted octanol–water partition coefficient (Wildman–Crippen LogP) is 6.52. The molecule has 37 heavy (non-hydrogen) atoms. The van der Waals surface area contributed by atoms with Crippen molar-refractivity contribution in [1.82, 2.24) is 20.2 Å². The molecular weight excluding hydrogens is 464 g/mol. The van der Waals surface area contributed by atoms with Gasteiger partial charge in [0.15, 0.2) is 5.82 Å². The van der Waals surface area contributed by atoms with Crippen molar-refractivity contribution in [2.45, 2.75) is 6.04 Å². The largest absolute Gasteiger partial charge is 0.439 e. The van der Waals surface area contributed by atoms with Crippen LogP contribution in [0.25, 0.3) is 22.0 Å². The van der Waals surface area contributed by atoms with Crippen LogP contribution in [0.2, 0.25) is 0 Å². The van der Waals surface area contributed by atoms with E-state index in [9.17, 15) is 5.21 Å². The van der Waals surface area contributed by atoms with Crippen molar-refractivity contribution in [3.8, 4) is 22.9 Å². The summed E-state index contributed by atoms with van der Waals surface area (Å²) in [6.07, 6.45) is 6.40. The Balaban J connectivity index is 1.24. The minimum atomic E-state index is -0.437. The van der Waals surface area contributed by atoms with E-state index in [-0.39, 0.29) is 0 Å². The fraction of sp³-hybridized carbons (Fsp3) is 0.0345. The van der Waals surface area contributed by atoms with E-state index in [1.165, 1.54) is 6.34 Å². The summed E-state index contributed by atoms with van der Waals surface area (Å²) < 4.78 is 6.07. The average molecular weight is 487 g/mol. The van der Waals surface area contributed by atoms with Crippen LogP contribution in [-0.2, 0) is 0 Å². The zero-order valence-corrected chi connectivity index (χ0v) is 19.6. The number of aromatic nitrogens is 3. The molecule has 0 saturated heterocycles. The lowest BCUT2D eigenvalue weighted by Crippen LogP contribution is -2.24. The van der Waals surface area contributed by atoms with Crippen molar-refractivity contribution in [2.24, 2.45) is 4.99 Å². The third-order valence-corrected chi connectivity index (χ3v) is 6.01. The van der Waals surface area contributed by atoms with E-state index in [1.807, 2.05) is 78.9 Å². The first-order chi connectivity index (χ1) is 18.3. The zero-order chi connectivity index (χ0) is 25.0. The molecule has 3 heterocycles. The molecule has 2 aromatic heterocycles. The molecule has 0 spiro atoms. The van der Waals surface area contributed by atoms with Crippen molar-refractivity contribution < 1.29 is 9.94 Å². The Morgan fingerprint density at radius 2 is 1.59 bits per heavy atom. The molecule has 0 bridgehead atoms. The number of benzene rings is 3. The zero-order valence-electron chi connectivity index (χ0n) is 19.6. The summed E-state index contributed by atoms with van der Waals surface area (Å²) >= 11 is 0. The second kappa shape index (κ2) is 9.88. The Morgan fingerprint density at radius 1 is 0.811 bits per heavy atom. The first-order valence-electron chi connectivity index (χ1n) is 11.7. The van der Waals surface area contributed by atoms with Crippen LogP contribution < -0.4 is 10.1 Å². The molecular formula is C29H22N6O2. The number of ether oxygens (including phenoxy) is 1. The Kier molecular flexibility index (Phi) is 5.98. The molecule has 8 heteroatoms. The fourth-order valence-corrected chi connectivity index (χ4v) is 4.22. The molecule has 3 aromatic carbocycles. The van der Waals surface area contributed by atoms with Gasteiger partial charge in [0.2, 0.25) is 5.88 Å². The topological polar surface area (TPSA) is 95.8 Å². The molecule has 2 N–H and O–H groups in total. The minimum absolute atomic E-state index is 0.403. The molecule has 6 rings (SSSR count). The summed E-state index contributed by atoms with van der Waals surface area (Å²) in [5, 5.41) is 25.6. The molecule has 180 valence electrons. The quantitative estimate of drug-likeness (QED) is 0.282. The second-order valence-corrected chi connectivity index (χ2v) is 8.39. The van der Waals surface area contributed by atoms with Gasteiger partial charge >= 0.3 is 0 Å². The SMILES string of the molecule is ON1C=NC=CC1c1cccnc1Oc1ccc(Nc2nnc(-c3ccccc3)c3ccccc23)cc1. The van der Waals surface area contributed by atoms with Crippen LogP contribution in [-0.4, -0.2) is 31.8 Å². The van der Waals surface area contributed by atoms with E-state index in [0.717, 1.165) is 38.3 Å². The Bertz CT molecular complexity index is 1600.